The van der Waals surface area contributed by atoms with E-state index in [-0.39, 0.29) is 17.6 Å². The van der Waals surface area contributed by atoms with Crippen molar-refractivity contribution in [2.24, 2.45) is 11.8 Å². The molecule has 0 bridgehead atoms. The number of nitrogens with zero attached hydrogens (tertiary/aromatic N) is 4. The Morgan fingerprint density at radius 3 is 2.76 bits per heavy atom. The fourth-order valence-corrected chi connectivity index (χ4v) is 6.33. The number of carbonyl (C=O) groups excluding carboxylic acids is 1. The number of ether oxygens (including phenoxy) is 1. The maximum Gasteiger partial charge on any atom is 0.267 e. The van der Waals surface area contributed by atoms with E-state index < -0.39 is 0 Å². The first-order chi connectivity index (χ1) is 15.9. The molecular formula is C24H28N4O3S2. The second-order valence-electron chi connectivity index (χ2n) is 9.36. The molecule has 0 unspecified atom stereocenters. The van der Waals surface area contributed by atoms with E-state index in [2.05, 4.69) is 18.7 Å². The molecule has 7 nitrogen and oxygen atoms in total. The maximum absolute atomic E-state index is 13.6. The molecule has 0 N–H and O–H groups in total. The Balaban J connectivity index is 1.56. The number of aromatic nitrogens is 2. The molecule has 0 saturated carbocycles. The molecule has 9 heteroatoms. The van der Waals surface area contributed by atoms with Crippen LogP contribution in [0, 0.1) is 11.8 Å². The van der Waals surface area contributed by atoms with Crippen molar-refractivity contribution in [3.8, 4) is 0 Å². The van der Waals surface area contributed by atoms with Crippen LogP contribution in [-0.4, -0.2) is 56.9 Å². The summed E-state index contributed by atoms with van der Waals surface area (Å²) in [5.41, 5.74) is 0.870. The topological polar surface area (TPSA) is 67.2 Å². The molecule has 5 heterocycles. The smallest absolute Gasteiger partial charge is 0.267 e. The molecule has 0 radical (unpaired) electrons. The van der Waals surface area contributed by atoms with Crippen LogP contribution in [0.2, 0.25) is 0 Å². The van der Waals surface area contributed by atoms with Crippen LogP contribution in [0.3, 0.4) is 0 Å². The van der Waals surface area contributed by atoms with Crippen LogP contribution in [-0.2, 0) is 9.53 Å². The van der Waals surface area contributed by atoms with Gasteiger partial charge in [0.1, 0.15) is 15.8 Å². The zero-order valence-corrected chi connectivity index (χ0v) is 20.5. The Hall–Kier alpha value is -2.23. The number of amides is 1. The van der Waals surface area contributed by atoms with Crippen LogP contribution in [0.25, 0.3) is 11.7 Å². The van der Waals surface area contributed by atoms with Gasteiger partial charge in [-0.05, 0) is 49.3 Å². The molecule has 3 saturated heterocycles. The van der Waals surface area contributed by atoms with E-state index in [1.165, 1.54) is 11.8 Å². The SMILES string of the molecule is C[C@@H]1C[C@@H](C)CN(c2nc3ccccn3c(=O)c2/C=C2/SC(=S)N(C[C@H]3CCCO3)C2=O)C1. The predicted octanol–water partition coefficient (Wildman–Crippen LogP) is 3.56. The summed E-state index contributed by atoms with van der Waals surface area (Å²) in [5.74, 6) is 1.49. The van der Waals surface area contributed by atoms with Crippen molar-refractivity contribution in [2.45, 2.75) is 39.2 Å². The van der Waals surface area contributed by atoms with E-state index in [9.17, 15) is 9.59 Å². The third-order valence-corrected chi connectivity index (χ3v) is 7.85. The number of hydrogen-bond acceptors (Lipinski definition) is 7. The highest BCUT2D eigenvalue weighted by Crippen LogP contribution is 2.35. The van der Waals surface area contributed by atoms with Gasteiger partial charge in [-0.25, -0.2) is 4.98 Å². The Labute approximate surface area is 202 Å². The number of thiocarbonyl (C=S) groups is 1. The first-order valence-electron chi connectivity index (χ1n) is 11.5. The molecule has 2 aromatic rings. The first-order valence-corrected chi connectivity index (χ1v) is 12.8. The van der Waals surface area contributed by atoms with Gasteiger partial charge in [-0.1, -0.05) is 43.9 Å². The third kappa shape index (κ3) is 4.46. The van der Waals surface area contributed by atoms with Crippen molar-refractivity contribution in [2.75, 3.05) is 31.1 Å². The van der Waals surface area contributed by atoms with Gasteiger partial charge in [0.05, 0.1) is 23.1 Å². The number of fused-ring (bicyclic) bond motifs is 1. The van der Waals surface area contributed by atoms with Crippen molar-refractivity contribution < 1.29 is 9.53 Å². The van der Waals surface area contributed by atoms with Crippen LogP contribution < -0.4 is 10.5 Å². The Bertz CT molecular complexity index is 1180. The molecule has 0 aliphatic carbocycles. The molecule has 33 heavy (non-hydrogen) atoms. The van der Waals surface area contributed by atoms with E-state index in [0.717, 1.165) is 39.0 Å². The molecule has 3 aliphatic heterocycles. The van der Waals surface area contributed by atoms with Crippen molar-refractivity contribution >= 4 is 51.7 Å². The predicted molar refractivity (Wildman–Crippen MR) is 135 cm³/mol. The second kappa shape index (κ2) is 9.19. The van der Waals surface area contributed by atoms with Gasteiger partial charge < -0.3 is 9.64 Å². The third-order valence-electron chi connectivity index (χ3n) is 6.48. The minimum absolute atomic E-state index is 0.0201. The number of anilines is 1. The normalized spacial score (nSPS) is 27.3. The quantitative estimate of drug-likeness (QED) is 0.486. The second-order valence-corrected chi connectivity index (χ2v) is 11.0. The molecule has 5 rings (SSSR count). The zero-order chi connectivity index (χ0) is 23.1. The number of hydrogen-bond donors (Lipinski definition) is 0. The van der Waals surface area contributed by atoms with Gasteiger partial charge in [0.2, 0.25) is 0 Å². The molecule has 3 aliphatic rings. The van der Waals surface area contributed by atoms with E-state index >= 15 is 0 Å². The summed E-state index contributed by atoms with van der Waals surface area (Å²) in [5, 5.41) is 0. The minimum atomic E-state index is -0.175. The maximum atomic E-state index is 13.6. The van der Waals surface area contributed by atoms with Crippen LogP contribution >= 0.6 is 24.0 Å². The van der Waals surface area contributed by atoms with Gasteiger partial charge >= 0.3 is 0 Å². The number of piperidine rings is 1. The molecule has 1 amide bonds. The van der Waals surface area contributed by atoms with E-state index in [1.807, 2.05) is 18.2 Å². The lowest BCUT2D eigenvalue weighted by atomic mass is 9.91. The van der Waals surface area contributed by atoms with Gasteiger partial charge in [0.25, 0.3) is 11.5 Å². The van der Waals surface area contributed by atoms with Crippen LogP contribution in [0.1, 0.15) is 38.7 Å². The average Bonchev–Trinajstić information content (AvgIpc) is 3.39. The Morgan fingerprint density at radius 1 is 1.24 bits per heavy atom. The van der Waals surface area contributed by atoms with Crippen molar-refractivity contribution in [3.05, 3.63) is 45.2 Å². The molecule has 0 aromatic carbocycles. The molecule has 3 atom stereocenters. The van der Waals surface area contributed by atoms with E-state index in [4.69, 9.17) is 21.9 Å². The largest absolute Gasteiger partial charge is 0.376 e. The summed E-state index contributed by atoms with van der Waals surface area (Å²) in [6.07, 6.45) is 6.53. The molecule has 174 valence electrons. The van der Waals surface area contributed by atoms with Gasteiger partial charge in [0.15, 0.2) is 0 Å². The van der Waals surface area contributed by atoms with Crippen LogP contribution in [0.4, 0.5) is 5.82 Å². The fraction of sp³-hybridized carbons (Fsp3) is 0.500. The highest BCUT2D eigenvalue weighted by molar-refractivity contribution is 8.26. The summed E-state index contributed by atoms with van der Waals surface area (Å²) >= 11 is 6.76. The standard InChI is InChI=1S/C24H28N4O3S2/c1-15-10-16(2)13-26(12-15)21-18(22(29)27-8-4-3-7-20(27)25-21)11-19-23(30)28(24(32)33-19)14-17-6-5-9-31-17/h3-4,7-8,11,15-17H,5-6,9-10,12-14H2,1-2H3/b19-11+/t15-,16-,17-/m1/s1. The summed E-state index contributed by atoms with van der Waals surface area (Å²) in [4.78, 5) is 35.9. The number of carbonyl (C=O) groups is 1. The number of pyridine rings is 1. The number of rotatable bonds is 4. The van der Waals surface area contributed by atoms with Crippen LogP contribution in [0.15, 0.2) is 34.1 Å². The van der Waals surface area contributed by atoms with E-state index in [0.29, 0.717) is 44.6 Å². The van der Waals surface area contributed by atoms with Crippen molar-refractivity contribution in [1.29, 1.82) is 0 Å². The van der Waals surface area contributed by atoms with Crippen molar-refractivity contribution in [3.63, 3.8) is 0 Å². The highest BCUT2D eigenvalue weighted by atomic mass is 32.2. The van der Waals surface area contributed by atoms with Crippen LogP contribution in [0.5, 0.6) is 0 Å². The van der Waals surface area contributed by atoms with Gasteiger partial charge in [-0.2, -0.15) is 0 Å². The Morgan fingerprint density at radius 2 is 2.03 bits per heavy atom. The Kier molecular flexibility index (Phi) is 6.28. The lowest BCUT2D eigenvalue weighted by Crippen LogP contribution is -2.40. The fourth-order valence-electron chi connectivity index (χ4n) is 5.07. The molecular weight excluding hydrogens is 456 g/mol. The van der Waals surface area contributed by atoms with Gasteiger partial charge in [0, 0.05) is 25.9 Å². The lowest BCUT2D eigenvalue weighted by Gasteiger charge is -2.36. The molecule has 0 spiro atoms. The highest BCUT2D eigenvalue weighted by Gasteiger charge is 2.35. The van der Waals surface area contributed by atoms with Gasteiger partial charge in [-0.3, -0.25) is 18.9 Å². The zero-order valence-electron chi connectivity index (χ0n) is 18.9. The summed E-state index contributed by atoms with van der Waals surface area (Å²) < 4.78 is 7.75. The summed E-state index contributed by atoms with van der Waals surface area (Å²) in [6.45, 7) is 7.32. The van der Waals surface area contributed by atoms with Gasteiger partial charge in [-0.15, -0.1) is 0 Å². The first kappa shape index (κ1) is 22.6. The molecule has 3 fully saturated rings. The minimum Gasteiger partial charge on any atom is -0.376 e. The summed E-state index contributed by atoms with van der Waals surface area (Å²) in [6, 6.07) is 5.53. The lowest BCUT2D eigenvalue weighted by molar-refractivity contribution is -0.123. The monoisotopic (exact) mass is 484 g/mol. The van der Waals surface area contributed by atoms with Crippen molar-refractivity contribution in [1.82, 2.24) is 14.3 Å². The summed E-state index contributed by atoms with van der Waals surface area (Å²) in [7, 11) is 0. The molecule has 2 aromatic heterocycles. The van der Waals surface area contributed by atoms with E-state index in [1.54, 1.807) is 21.6 Å². The average molecular weight is 485 g/mol. The number of thioether (sulfide) groups is 1.